The van der Waals surface area contributed by atoms with Crippen molar-refractivity contribution < 1.29 is 17.9 Å². The van der Waals surface area contributed by atoms with Crippen molar-refractivity contribution in [3.63, 3.8) is 0 Å². The molecule has 0 spiro atoms. The Balaban J connectivity index is 1.97. The highest BCUT2D eigenvalue weighted by molar-refractivity contribution is 7.89. The Bertz CT molecular complexity index is 577. The third-order valence-corrected chi connectivity index (χ3v) is 4.43. The van der Waals surface area contributed by atoms with Crippen molar-refractivity contribution in [2.75, 3.05) is 20.7 Å². The monoisotopic (exact) mass is 298 g/mol. The van der Waals surface area contributed by atoms with Gasteiger partial charge in [-0.1, -0.05) is 0 Å². The molecule has 2 rings (SSSR count). The molecule has 1 N–H and O–H groups in total. The number of carbonyl (C=O) groups is 1. The number of ether oxygens (including phenoxy) is 1. The molecule has 1 fully saturated rings. The zero-order valence-electron chi connectivity index (χ0n) is 11.5. The van der Waals surface area contributed by atoms with Crippen molar-refractivity contribution in [1.82, 2.24) is 9.62 Å². The number of benzene rings is 1. The van der Waals surface area contributed by atoms with Crippen LogP contribution in [0.15, 0.2) is 29.2 Å². The van der Waals surface area contributed by atoms with E-state index in [1.54, 1.807) is 26.2 Å². The van der Waals surface area contributed by atoms with Crippen LogP contribution in [0.1, 0.15) is 12.8 Å². The lowest BCUT2D eigenvalue weighted by molar-refractivity contribution is -0.130. The number of sulfonamides is 1. The summed E-state index contributed by atoms with van der Waals surface area (Å²) < 4.78 is 31.8. The third-order valence-electron chi connectivity index (χ3n) is 2.89. The molecule has 7 heteroatoms. The van der Waals surface area contributed by atoms with Gasteiger partial charge in [-0.25, -0.2) is 13.1 Å². The number of rotatable bonds is 6. The van der Waals surface area contributed by atoms with Crippen molar-refractivity contribution in [3.8, 4) is 5.75 Å². The first-order valence-electron chi connectivity index (χ1n) is 6.34. The molecule has 0 unspecified atom stereocenters. The van der Waals surface area contributed by atoms with Crippen molar-refractivity contribution in [1.29, 1.82) is 0 Å². The van der Waals surface area contributed by atoms with Gasteiger partial charge in [-0.05, 0) is 37.1 Å². The van der Waals surface area contributed by atoms with E-state index in [1.165, 1.54) is 17.0 Å². The van der Waals surface area contributed by atoms with Crippen LogP contribution in [0.5, 0.6) is 5.75 Å². The van der Waals surface area contributed by atoms with Crippen LogP contribution < -0.4 is 9.46 Å². The van der Waals surface area contributed by atoms with Crippen molar-refractivity contribution >= 4 is 15.9 Å². The van der Waals surface area contributed by atoms with Gasteiger partial charge >= 0.3 is 0 Å². The van der Waals surface area contributed by atoms with Gasteiger partial charge < -0.3 is 9.64 Å². The summed E-state index contributed by atoms with van der Waals surface area (Å²) in [7, 11) is -0.152. The summed E-state index contributed by atoms with van der Waals surface area (Å²) in [6, 6.07) is 6.11. The molecular weight excluding hydrogens is 280 g/mol. The molecule has 0 radical (unpaired) electrons. The molecule has 20 heavy (non-hydrogen) atoms. The van der Waals surface area contributed by atoms with E-state index in [9.17, 15) is 13.2 Å². The quantitative estimate of drug-likeness (QED) is 0.834. The van der Waals surface area contributed by atoms with Crippen LogP contribution in [-0.2, 0) is 14.8 Å². The van der Waals surface area contributed by atoms with Gasteiger partial charge in [-0.3, -0.25) is 4.79 Å². The minimum Gasteiger partial charge on any atom is -0.484 e. The first-order valence-corrected chi connectivity index (χ1v) is 7.82. The Morgan fingerprint density at radius 3 is 2.40 bits per heavy atom. The second-order valence-electron chi connectivity index (χ2n) is 4.94. The van der Waals surface area contributed by atoms with E-state index in [2.05, 4.69) is 4.72 Å². The molecule has 1 amide bonds. The average molecular weight is 298 g/mol. The lowest BCUT2D eigenvalue weighted by Gasteiger charge is -2.11. The van der Waals surface area contributed by atoms with E-state index in [-0.39, 0.29) is 23.5 Å². The van der Waals surface area contributed by atoms with Gasteiger partial charge in [0.25, 0.3) is 5.91 Å². The Kier molecular flexibility index (Phi) is 4.29. The first kappa shape index (κ1) is 14.8. The molecule has 6 nitrogen and oxygen atoms in total. The van der Waals surface area contributed by atoms with Crippen LogP contribution in [0.3, 0.4) is 0 Å². The lowest BCUT2D eigenvalue weighted by atomic mass is 10.3. The number of amides is 1. The molecule has 0 saturated heterocycles. The van der Waals surface area contributed by atoms with E-state index in [4.69, 9.17) is 4.74 Å². The fourth-order valence-electron chi connectivity index (χ4n) is 1.48. The summed E-state index contributed by atoms with van der Waals surface area (Å²) >= 11 is 0. The second-order valence-corrected chi connectivity index (χ2v) is 6.66. The molecule has 0 bridgehead atoms. The molecule has 1 aromatic carbocycles. The Hall–Kier alpha value is -1.60. The minimum atomic E-state index is -3.44. The largest absolute Gasteiger partial charge is 0.484 e. The molecule has 1 aliphatic carbocycles. The maximum atomic E-state index is 11.9. The van der Waals surface area contributed by atoms with Gasteiger partial charge in [0, 0.05) is 20.1 Å². The Morgan fingerprint density at radius 1 is 1.30 bits per heavy atom. The van der Waals surface area contributed by atoms with E-state index < -0.39 is 10.0 Å². The smallest absolute Gasteiger partial charge is 0.259 e. The maximum Gasteiger partial charge on any atom is 0.259 e. The van der Waals surface area contributed by atoms with Crippen LogP contribution in [0.2, 0.25) is 0 Å². The van der Waals surface area contributed by atoms with Crippen molar-refractivity contribution in [3.05, 3.63) is 24.3 Å². The molecule has 0 heterocycles. The van der Waals surface area contributed by atoms with Crippen molar-refractivity contribution in [2.24, 2.45) is 0 Å². The predicted octanol–water partition coefficient (Wildman–Crippen LogP) is 0.594. The SMILES string of the molecule is CN(C)C(=O)COc1ccc(S(=O)(=O)NC2CC2)cc1. The summed E-state index contributed by atoms with van der Waals surface area (Å²) in [5.74, 6) is 0.308. The molecule has 0 aliphatic heterocycles. The topological polar surface area (TPSA) is 75.7 Å². The van der Waals surface area contributed by atoms with Gasteiger partial charge in [0.05, 0.1) is 4.90 Å². The van der Waals surface area contributed by atoms with Crippen LogP contribution >= 0.6 is 0 Å². The minimum absolute atomic E-state index is 0.0700. The van der Waals surface area contributed by atoms with Crippen LogP contribution in [0.25, 0.3) is 0 Å². The number of hydrogen-bond acceptors (Lipinski definition) is 4. The number of hydrogen-bond donors (Lipinski definition) is 1. The Morgan fingerprint density at radius 2 is 1.90 bits per heavy atom. The Labute approximate surface area is 118 Å². The molecule has 0 atom stereocenters. The zero-order valence-corrected chi connectivity index (χ0v) is 12.3. The third kappa shape index (κ3) is 3.94. The standard InChI is InChI=1S/C13H18N2O4S/c1-15(2)13(16)9-19-11-5-7-12(8-6-11)20(17,18)14-10-3-4-10/h5-8,10,14H,3-4,9H2,1-2H3. The first-order chi connectivity index (χ1) is 9.38. The maximum absolute atomic E-state index is 11.9. The highest BCUT2D eigenvalue weighted by Gasteiger charge is 2.27. The summed E-state index contributed by atoms with van der Waals surface area (Å²) in [6.07, 6.45) is 1.79. The molecule has 110 valence electrons. The molecule has 1 aromatic rings. The van der Waals surface area contributed by atoms with E-state index in [0.29, 0.717) is 5.75 Å². The highest BCUT2D eigenvalue weighted by atomic mass is 32.2. The average Bonchev–Trinajstić information content (AvgIpc) is 3.19. The number of carbonyl (C=O) groups excluding carboxylic acids is 1. The number of nitrogens with one attached hydrogen (secondary N) is 1. The van der Waals surface area contributed by atoms with Crippen molar-refractivity contribution in [2.45, 2.75) is 23.8 Å². The number of nitrogens with zero attached hydrogens (tertiary/aromatic N) is 1. The van der Waals surface area contributed by atoms with Gasteiger partial charge in [0.1, 0.15) is 5.75 Å². The highest BCUT2D eigenvalue weighted by Crippen LogP contribution is 2.23. The summed E-state index contributed by atoms with van der Waals surface area (Å²) in [5, 5.41) is 0. The molecule has 1 aliphatic rings. The fraction of sp³-hybridized carbons (Fsp3) is 0.462. The van der Waals surface area contributed by atoms with Crippen LogP contribution in [-0.4, -0.2) is 46.0 Å². The fourth-order valence-corrected chi connectivity index (χ4v) is 2.78. The summed E-state index contributed by atoms with van der Waals surface area (Å²) in [5.41, 5.74) is 0. The van der Waals surface area contributed by atoms with Gasteiger partial charge in [0.2, 0.25) is 10.0 Å². The van der Waals surface area contributed by atoms with Gasteiger partial charge in [0.15, 0.2) is 6.61 Å². The predicted molar refractivity (Wildman–Crippen MR) is 74.0 cm³/mol. The second kappa shape index (κ2) is 5.80. The van der Waals surface area contributed by atoms with Crippen LogP contribution in [0, 0.1) is 0 Å². The van der Waals surface area contributed by atoms with E-state index >= 15 is 0 Å². The lowest BCUT2D eigenvalue weighted by Crippen LogP contribution is -2.27. The van der Waals surface area contributed by atoms with E-state index in [0.717, 1.165) is 12.8 Å². The van der Waals surface area contributed by atoms with Gasteiger partial charge in [-0.15, -0.1) is 0 Å². The summed E-state index contributed by atoms with van der Waals surface area (Å²) in [4.78, 5) is 13.0. The van der Waals surface area contributed by atoms with Crippen LogP contribution in [0.4, 0.5) is 0 Å². The van der Waals surface area contributed by atoms with Gasteiger partial charge in [-0.2, -0.15) is 0 Å². The molecule has 1 saturated carbocycles. The molecule has 0 aromatic heterocycles. The number of likely N-dealkylation sites (N-methyl/N-ethyl adjacent to an activating group) is 1. The van der Waals surface area contributed by atoms with E-state index in [1.807, 2.05) is 0 Å². The molecular formula is C13H18N2O4S. The zero-order chi connectivity index (χ0) is 14.8. The summed E-state index contributed by atoms with van der Waals surface area (Å²) in [6.45, 7) is -0.0700. The normalized spacial score (nSPS) is 14.9.